The zero-order chi connectivity index (χ0) is 15.5. The van der Waals surface area contributed by atoms with Gasteiger partial charge in [0.2, 0.25) is 10.0 Å². The van der Waals surface area contributed by atoms with E-state index in [0.29, 0.717) is 30.4 Å². The van der Waals surface area contributed by atoms with Crippen molar-refractivity contribution in [1.29, 1.82) is 0 Å². The van der Waals surface area contributed by atoms with Crippen molar-refractivity contribution in [2.75, 3.05) is 19.6 Å². The molecule has 0 saturated carbocycles. The summed E-state index contributed by atoms with van der Waals surface area (Å²) in [6.45, 7) is 9.11. The van der Waals surface area contributed by atoms with Crippen LogP contribution in [0.25, 0.3) is 0 Å². The Hall–Kier alpha value is -0.910. The standard InChI is InChI=1S/C16H26N2O2S/c1-4-17-12-15-11-16(6-5-14(15)3)21(19,20)18-9-7-13(2)8-10-18/h5-6,11,13,17H,4,7-10,12H2,1-3H3. The number of piperidine rings is 1. The highest BCUT2D eigenvalue weighted by atomic mass is 32.2. The monoisotopic (exact) mass is 310 g/mol. The van der Waals surface area contributed by atoms with Crippen LogP contribution in [0.4, 0.5) is 0 Å². The van der Waals surface area contributed by atoms with Gasteiger partial charge in [0.25, 0.3) is 0 Å². The van der Waals surface area contributed by atoms with E-state index in [1.54, 1.807) is 10.4 Å². The van der Waals surface area contributed by atoms with Gasteiger partial charge in [0.05, 0.1) is 4.90 Å². The summed E-state index contributed by atoms with van der Waals surface area (Å²) in [5.74, 6) is 0.624. The van der Waals surface area contributed by atoms with Crippen LogP contribution in [-0.2, 0) is 16.6 Å². The summed E-state index contributed by atoms with van der Waals surface area (Å²) in [6, 6.07) is 5.47. The number of hydrogen-bond acceptors (Lipinski definition) is 3. The van der Waals surface area contributed by atoms with Crippen LogP contribution < -0.4 is 5.32 Å². The third-order valence-corrected chi connectivity index (χ3v) is 6.16. The molecule has 1 saturated heterocycles. The molecule has 118 valence electrons. The lowest BCUT2D eigenvalue weighted by Gasteiger charge is -2.29. The van der Waals surface area contributed by atoms with E-state index in [0.717, 1.165) is 30.5 Å². The van der Waals surface area contributed by atoms with Crippen LogP contribution in [0.1, 0.15) is 37.8 Å². The third kappa shape index (κ3) is 3.84. The summed E-state index contributed by atoms with van der Waals surface area (Å²) in [5, 5.41) is 3.26. The molecule has 1 heterocycles. The number of aryl methyl sites for hydroxylation is 1. The highest BCUT2D eigenvalue weighted by Crippen LogP contribution is 2.24. The molecule has 0 aliphatic carbocycles. The molecule has 0 amide bonds. The molecule has 0 atom stereocenters. The van der Waals surface area contributed by atoms with E-state index < -0.39 is 10.0 Å². The summed E-state index contributed by atoms with van der Waals surface area (Å²) in [7, 11) is -3.34. The van der Waals surface area contributed by atoms with Gasteiger partial charge in [-0.1, -0.05) is 19.9 Å². The van der Waals surface area contributed by atoms with E-state index in [2.05, 4.69) is 12.2 Å². The Morgan fingerprint density at radius 2 is 1.95 bits per heavy atom. The number of nitrogens with zero attached hydrogens (tertiary/aromatic N) is 1. The van der Waals surface area contributed by atoms with E-state index in [1.807, 2.05) is 26.0 Å². The van der Waals surface area contributed by atoms with Gasteiger partial charge >= 0.3 is 0 Å². The molecule has 1 N–H and O–H groups in total. The van der Waals surface area contributed by atoms with Gasteiger partial charge < -0.3 is 5.32 Å². The fourth-order valence-electron chi connectivity index (χ4n) is 2.63. The molecular weight excluding hydrogens is 284 g/mol. The lowest BCUT2D eigenvalue weighted by atomic mass is 10.0. The zero-order valence-electron chi connectivity index (χ0n) is 13.2. The fraction of sp³-hybridized carbons (Fsp3) is 0.625. The maximum Gasteiger partial charge on any atom is 0.243 e. The molecule has 1 aliphatic heterocycles. The first-order valence-electron chi connectivity index (χ1n) is 7.75. The van der Waals surface area contributed by atoms with E-state index in [4.69, 9.17) is 0 Å². The topological polar surface area (TPSA) is 49.4 Å². The van der Waals surface area contributed by atoms with Gasteiger partial charge in [-0.25, -0.2) is 8.42 Å². The highest BCUT2D eigenvalue weighted by molar-refractivity contribution is 7.89. The molecule has 0 unspecified atom stereocenters. The predicted octanol–water partition coefficient (Wildman–Crippen LogP) is 2.53. The van der Waals surface area contributed by atoms with Gasteiger partial charge in [0.15, 0.2) is 0 Å². The molecule has 1 aromatic rings. The van der Waals surface area contributed by atoms with Crippen molar-refractivity contribution in [3.8, 4) is 0 Å². The molecule has 1 fully saturated rings. The Bertz CT molecular complexity index is 576. The minimum absolute atomic E-state index is 0.426. The van der Waals surface area contributed by atoms with Crippen LogP contribution in [0.3, 0.4) is 0 Å². The number of hydrogen-bond donors (Lipinski definition) is 1. The molecular formula is C16H26N2O2S. The third-order valence-electron chi connectivity index (χ3n) is 4.27. The van der Waals surface area contributed by atoms with Gasteiger partial charge in [-0.2, -0.15) is 4.31 Å². The van der Waals surface area contributed by atoms with Crippen LogP contribution in [-0.4, -0.2) is 32.4 Å². The molecule has 5 heteroatoms. The van der Waals surface area contributed by atoms with Crippen molar-refractivity contribution in [3.05, 3.63) is 29.3 Å². The lowest BCUT2D eigenvalue weighted by molar-refractivity contribution is 0.288. The predicted molar refractivity (Wildman–Crippen MR) is 85.7 cm³/mol. The molecule has 2 rings (SSSR count). The molecule has 21 heavy (non-hydrogen) atoms. The second kappa shape index (κ2) is 6.90. The second-order valence-electron chi connectivity index (χ2n) is 5.96. The summed E-state index contributed by atoms with van der Waals surface area (Å²) < 4.78 is 27.1. The summed E-state index contributed by atoms with van der Waals surface area (Å²) >= 11 is 0. The Morgan fingerprint density at radius 1 is 1.29 bits per heavy atom. The normalized spacial score (nSPS) is 18.0. The smallest absolute Gasteiger partial charge is 0.243 e. The number of rotatable bonds is 5. The van der Waals surface area contributed by atoms with Gasteiger partial charge in [-0.05, 0) is 55.5 Å². The summed E-state index contributed by atoms with van der Waals surface area (Å²) in [5.41, 5.74) is 2.19. The Labute approximate surface area is 128 Å². The minimum atomic E-state index is -3.34. The van der Waals surface area contributed by atoms with Crippen LogP contribution >= 0.6 is 0 Å². The average molecular weight is 310 g/mol. The first-order chi connectivity index (χ1) is 9.95. The van der Waals surface area contributed by atoms with Gasteiger partial charge in [0.1, 0.15) is 0 Å². The van der Waals surface area contributed by atoms with E-state index >= 15 is 0 Å². The molecule has 1 aromatic carbocycles. The van der Waals surface area contributed by atoms with Gasteiger partial charge in [0, 0.05) is 19.6 Å². The van der Waals surface area contributed by atoms with E-state index in [-0.39, 0.29) is 0 Å². The Kier molecular flexibility index (Phi) is 5.41. The molecule has 0 bridgehead atoms. The number of benzene rings is 1. The van der Waals surface area contributed by atoms with E-state index in [1.165, 1.54) is 0 Å². The first-order valence-corrected chi connectivity index (χ1v) is 9.19. The minimum Gasteiger partial charge on any atom is -0.313 e. The van der Waals surface area contributed by atoms with E-state index in [9.17, 15) is 8.42 Å². The number of nitrogens with one attached hydrogen (secondary N) is 1. The van der Waals surface area contributed by atoms with Crippen LogP contribution in [0.5, 0.6) is 0 Å². The highest BCUT2D eigenvalue weighted by Gasteiger charge is 2.28. The molecule has 1 aliphatic rings. The van der Waals surface area contributed by atoms with Crippen LogP contribution in [0.15, 0.2) is 23.1 Å². The maximum atomic E-state index is 12.7. The average Bonchev–Trinajstić information content (AvgIpc) is 2.46. The largest absolute Gasteiger partial charge is 0.313 e. The molecule has 0 spiro atoms. The van der Waals surface area contributed by atoms with Crippen molar-refractivity contribution >= 4 is 10.0 Å². The van der Waals surface area contributed by atoms with Crippen molar-refractivity contribution in [3.63, 3.8) is 0 Å². The zero-order valence-corrected chi connectivity index (χ0v) is 14.0. The lowest BCUT2D eigenvalue weighted by Crippen LogP contribution is -2.37. The van der Waals surface area contributed by atoms with Crippen molar-refractivity contribution in [1.82, 2.24) is 9.62 Å². The Balaban J connectivity index is 2.23. The SMILES string of the molecule is CCNCc1cc(S(=O)(=O)N2CCC(C)CC2)ccc1C. The van der Waals surface area contributed by atoms with Gasteiger partial charge in [-0.3, -0.25) is 0 Å². The molecule has 0 aromatic heterocycles. The second-order valence-corrected chi connectivity index (χ2v) is 7.89. The molecule has 4 nitrogen and oxygen atoms in total. The van der Waals surface area contributed by atoms with Gasteiger partial charge in [-0.15, -0.1) is 0 Å². The summed E-state index contributed by atoms with van der Waals surface area (Å²) in [4.78, 5) is 0.426. The quantitative estimate of drug-likeness (QED) is 0.909. The Morgan fingerprint density at radius 3 is 2.57 bits per heavy atom. The van der Waals surface area contributed by atoms with Crippen molar-refractivity contribution in [2.45, 2.75) is 45.1 Å². The van der Waals surface area contributed by atoms with Crippen LogP contribution in [0.2, 0.25) is 0 Å². The fourth-order valence-corrected chi connectivity index (χ4v) is 4.15. The first kappa shape index (κ1) is 16.5. The van der Waals surface area contributed by atoms with Crippen molar-refractivity contribution < 1.29 is 8.42 Å². The summed E-state index contributed by atoms with van der Waals surface area (Å²) in [6.07, 6.45) is 1.91. The maximum absolute atomic E-state index is 12.7. The molecule has 0 radical (unpaired) electrons. The van der Waals surface area contributed by atoms with Crippen molar-refractivity contribution in [2.24, 2.45) is 5.92 Å². The number of sulfonamides is 1. The van der Waals surface area contributed by atoms with Crippen LogP contribution in [0, 0.1) is 12.8 Å².